The molecular formula is C41H49F3N4O5. The molecule has 0 radical (unpaired) electrons. The second kappa shape index (κ2) is 15.7. The van der Waals surface area contributed by atoms with Crippen LogP contribution in [0.5, 0.6) is 5.75 Å². The van der Waals surface area contributed by atoms with E-state index in [0.29, 0.717) is 89.8 Å². The average molecular weight is 735 g/mol. The maximum atomic E-state index is 13.9. The fourth-order valence-electron chi connectivity index (χ4n) is 6.53. The number of ether oxygens (including phenoxy) is 4. The molecule has 1 saturated heterocycles. The number of rotatable bonds is 13. The van der Waals surface area contributed by atoms with E-state index in [-0.39, 0.29) is 11.7 Å². The van der Waals surface area contributed by atoms with Crippen molar-refractivity contribution in [3.63, 3.8) is 0 Å². The molecule has 1 aliphatic heterocycles. The van der Waals surface area contributed by atoms with Crippen LogP contribution in [0.1, 0.15) is 76.8 Å². The van der Waals surface area contributed by atoms with Crippen molar-refractivity contribution in [2.24, 2.45) is 0 Å². The molecule has 0 aliphatic carbocycles. The summed E-state index contributed by atoms with van der Waals surface area (Å²) in [5.41, 5.74) is 1.80. The van der Waals surface area contributed by atoms with Crippen molar-refractivity contribution in [3.05, 3.63) is 90.7 Å². The van der Waals surface area contributed by atoms with Crippen molar-refractivity contribution in [1.82, 2.24) is 14.6 Å². The van der Waals surface area contributed by atoms with Gasteiger partial charge in [-0.2, -0.15) is 22.8 Å². The number of anilines is 1. The van der Waals surface area contributed by atoms with E-state index >= 15 is 0 Å². The largest absolute Gasteiger partial charge is 0.490 e. The van der Waals surface area contributed by atoms with Gasteiger partial charge >= 0.3 is 12.1 Å². The van der Waals surface area contributed by atoms with E-state index in [9.17, 15) is 18.0 Å². The van der Waals surface area contributed by atoms with Gasteiger partial charge in [-0.05, 0) is 84.2 Å². The lowest BCUT2D eigenvalue weighted by Gasteiger charge is -2.41. The van der Waals surface area contributed by atoms with E-state index in [0.717, 1.165) is 12.1 Å². The van der Waals surface area contributed by atoms with Crippen LogP contribution in [0, 0.1) is 6.92 Å². The predicted molar refractivity (Wildman–Crippen MR) is 200 cm³/mol. The number of alkyl halides is 3. The number of methoxy groups -OCH3 is 1. The van der Waals surface area contributed by atoms with E-state index in [2.05, 4.69) is 25.0 Å². The Kier molecular flexibility index (Phi) is 11.7. The number of hydrogen-bond acceptors (Lipinski definition) is 8. The lowest BCUT2D eigenvalue weighted by atomic mass is 9.92. The number of halogens is 3. The first-order valence-corrected chi connectivity index (χ1v) is 17.7. The second-order valence-corrected chi connectivity index (χ2v) is 14.6. The Morgan fingerprint density at radius 1 is 1.04 bits per heavy atom. The van der Waals surface area contributed by atoms with E-state index in [1.807, 2.05) is 46.8 Å². The summed E-state index contributed by atoms with van der Waals surface area (Å²) >= 11 is 0. The first-order valence-electron chi connectivity index (χ1n) is 17.7. The summed E-state index contributed by atoms with van der Waals surface area (Å²) in [5.74, 6) is 0.402. The molecule has 2 atom stereocenters. The topological polar surface area (TPSA) is 87.4 Å². The van der Waals surface area contributed by atoms with Gasteiger partial charge in [-0.1, -0.05) is 30.4 Å². The first-order chi connectivity index (χ1) is 25.0. The number of nitrogens with zero attached hydrogens (tertiary/aromatic N) is 4. The zero-order valence-corrected chi connectivity index (χ0v) is 31.5. The normalized spacial score (nSPS) is 15.9. The Morgan fingerprint density at radius 3 is 2.36 bits per heavy atom. The highest BCUT2D eigenvalue weighted by molar-refractivity contribution is 5.81. The van der Waals surface area contributed by atoms with Gasteiger partial charge in [0.2, 0.25) is 0 Å². The van der Waals surface area contributed by atoms with Crippen molar-refractivity contribution in [1.29, 1.82) is 0 Å². The van der Waals surface area contributed by atoms with Crippen molar-refractivity contribution >= 4 is 17.4 Å². The van der Waals surface area contributed by atoms with Crippen LogP contribution in [0.25, 0.3) is 28.0 Å². The Morgan fingerprint density at radius 2 is 1.74 bits per heavy atom. The number of carbonyl (C=O) groups excluding carboxylic acids is 1. The highest BCUT2D eigenvalue weighted by atomic mass is 19.4. The SMILES string of the molecule is C=CCOC1(C)CCN(c2c([C@H](OC(C)(C)C)C(=O)OC)c(C)nc3cc(-c4cccc(-c5cc(C(F)(F)F)ccc5O[C@@H](C)CC=C)c4)nn23)CC1. The third-order valence-electron chi connectivity index (χ3n) is 9.23. The van der Waals surface area contributed by atoms with Crippen LogP contribution in [0.4, 0.5) is 19.0 Å². The molecule has 1 aliphatic rings. The smallest absolute Gasteiger partial charge is 0.416 e. The number of hydrogen-bond donors (Lipinski definition) is 0. The van der Waals surface area contributed by atoms with Crippen LogP contribution in [0.15, 0.2) is 73.8 Å². The molecule has 2 aromatic heterocycles. The van der Waals surface area contributed by atoms with Gasteiger partial charge in [-0.15, -0.1) is 13.2 Å². The van der Waals surface area contributed by atoms with E-state index in [1.54, 1.807) is 34.9 Å². The van der Waals surface area contributed by atoms with Crippen LogP contribution >= 0.6 is 0 Å². The van der Waals surface area contributed by atoms with E-state index in [4.69, 9.17) is 29.0 Å². The van der Waals surface area contributed by atoms with E-state index < -0.39 is 29.4 Å². The fourth-order valence-corrected chi connectivity index (χ4v) is 6.53. The number of aromatic nitrogens is 3. The lowest BCUT2D eigenvalue weighted by Crippen LogP contribution is -2.45. The summed E-state index contributed by atoms with van der Waals surface area (Å²) in [5, 5.41) is 5.03. The molecular weight excluding hydrogens is 685 g/mol. The fraction of sp³-hybridized carbons (Fsp3) is 0.439. The Labute approximate surface area is 309 Å². The molecule has 2 aromatic carbocycles. The minimum Gasteiger partial charge on any atom is -0.490 e. The third kappa shape index (κ3) is 9.10. The van der Waals surface area contributed by atoms with Crippen molar-refractivity contribution in [2.45, 2.75) is 90.4 Å². The molecule has 4 aromatic rings. The minimum atomic E-state index is -4.54. The van der Waals surface area contributed by atoms with Gasteiger partial charge in [0.25, 0.3) is 0 Å². The molecule has 53 heavy (non-hydrogen) atoms. The van der Waals surface area contributed by atoms with Crippen LogP contribution < -0.4 is 9.64 Å². The predicted octanol–water partition coefficient (Wildman–Crippen LogP) is 9.32. The summed E-state index contributed by atoms with van der Waals surface area (Å²) < 4.78 is 67.3. The van der Waals surface area contributed by atoms with Crippen LogP contribution in [-0.2, 0) is 25.2 Å². The molecule has 0 saturated carbocycles. The van der Waals surface area contributed by atoms with Crippen molar-refractivity contribution in [2.75, 3.05) is 31.7 Å². The summed E-state index contributed by atoms with van der Waals surface area (Å²) in [6.45, 7) is 20.5. The molecule has 1 fully saturated rings. The molecule has 3 heterocycles. The number of aryl methyl sites for hydroxylation is 1. The average Bonchev–Trinajstić information content (AvgIpc) is 3.52. The second-order valence-electron chi connectivity index (χ2n) is 14.6. The molecule has 12 heteroatoms. The number of benzene rings is 2. The van der Waals surface area contributed by atoms with Gasteiger partial charge in [-0.25, -0.2) is 9.78 Å². The highest BCUT2D eigenvalue weighted by Gasteiger charge is 2.38. The number of carbonyl (C=O) groups is 1. The van der Waals surface area contributed by atoms with Crippen molar-refractivity contribution in [3.8, 4) is 28.1 Å². The molecule has 284 valence electrons. The number of fused-ring (bicyclic) bond motifs is 1. The molecule has 0 spiro atoms. The Hall–Kier alpha value is -4.68. The van der Waals surface area contributed by atoms with Crippen LogP contribution in [0.3, 0.4) is 0 Å². The summed E-state index contributed by atoms with van der Waals surface area (Å²) in [6, 6.07) is 12.5. The van der Waals surface area contributed by atoms with E-state index in [1.165, 1.54) is 13.2 Å². The zero-order valence-electron chi connectivity index (χ0n) is 31.5. The van der Waals surface area contributed by atoms with Gasteiger partial charge in [-0.3, -0.25) is 0 Å². The maximum absolute atomic E-state index is 13.9. The summed E-state index contributed by atoms with van der Waals surface area (Å²) in [7, 11) is 1.32. The van der Waals surface area contributed by atoms with Crippen LogP contribution in [0.2, 0.25) is 0 Å². The zero-order chi connectivity index (χ0) is 38.7. The molecule has 5 rings (SSSR count). The number of esters is 1. The lowest BCUT2D eigenvalue weighted by molar-refractivity contribution is -0.164. The Bertz CT molecular complexity index is 1960. The third-order valence-corrected chi connectivity index (χ3v) is 9.23. The molecule has 9 nitrogen and oxygen atoms in total. The Balaban J connectivity index is 1.66. The quantitative estimate of drug-likeness (QED) is 0.0993. The summed E-state index contributed by atoms with van der Waals surface area (Å²) in [4.78, 5) is 20.5. The standard InChI is InChI=1S/C41H49F3N4O5/c1-10-13-26(3)52-33-17-16-30(41(42,43)44)24-31(33)28-14-12-15-29(23-28)32-25-34-45-27(4)35(36(38(49)50-9)53-39(5,6)7)37(48(34)46-32)47-20-18-40(8,19-21-47)51-22-11-2/h10-12,14-17,23-26,36H,1-2,13,18-22H2,3-9H3/t26-,36-/m0/s1. The van der Waals surface area contributed by atoms with Crippen LogP contribution in [-0.4, -0.2) is 64.7 Å². The van der Waals surface area contributed by atoms with Gasteiger partial charge in [0.15, 0.2) is 11.8 Å². The molecule has 0 bridgehead atoms. The number of piperidine rings is 1. The summed E-state index contributed by atoms with van der Waals surface area (Å²) in [6.07, 6.45) is -0.575. The van der Waals surface area contributed by atoms with Gasteiger partial charge < -0.3 is 23.8 Å². The monoisotopic (exact) mass is 734 g/mol. The van der Waals surface area contributed by atoms with Gasteiger partial charge in [0.1, 0.15) is 11.6 Å². The maximum Gasteiger partial charge on any atom is 0.416 e. The molecule has 0 unspecified atom stereocenters. The molecule has 0 N–H and O–H groups in total. The van der Waals surface area contributed by atoms with Gasteiger partial charge in [0.05, 0.1) is 47.8 Å². The molecule has 0 amide bonds. The first kappa shape index (κ1) is 39.5. The minimum absolute atomic E-state index is 0.300. The van der Waals surface area contributed by atoms with Gasteiger partial charge in [0, 0.05) is 42.4 Å². The highest BCUT2D eigenvalue weighted by Crippen LogP contribution is 2.41. The van der Waals surface area contributed by atoms with Crippen molar-refractivity contribution < 1.29 is 36.9 Å².